The van der Waals surface area contributed by atoms with Gasteiger partial charge >= 0.3 is 0 Å². The van der Waals surface area contributed by atoms with Gasteiger partial charge in [0.1, 0.15) is 17.2 Å². The first kappa shape index (κ1) is 14.9. The molecule has 0 saturated heterocycles. The topological polar surface area (TPSA) is 77.8 Å². The van der Waals surface area contributed by atoms with Crippen molar-refractivity contribution in [3.63, 3.8) is 0 Å². The van der Waals surface area contributed by atoms with Crippen molar-refractivity contribution < 1.29 is 20.1 Å². The van der Waals surface area contributed by atoms with Crippen LogP contribution in [0.2, 0.25) is 0 Å². The second-order valence-corrected chi connectivity index (χ2v) is 5.12. The van der Waals surface area contributed by atoms with E-state index < -0.39 is 5.78 Å². The molecule has 1 unspecified atom stereocenters. The molecule has 2 aromatic rings. The highest BCUT2D eigenvalue weighted by Gasteiger charge is 2.18. The van der Waals surface area contributed by atoms with Crippen LogP contribution in [0.5, 0.6) is 17.2 Å². The minimum absolute atomic E-state index is 0.0411. The first-order chi connectivity index (χ1) is 9.93. The van der Waals surface area contributed by atoms with Gasteiger partial charge in [0.25, 0.3) is 0 Å². The summed E-state index contributed by atoms with van der Waals surface area (Å²) in [6, 6.07) is 8.69. The Morgan fingerprint density at radius 2 is 1.57 bits per heavy atom. The summed E-state index contributed by atoms with van der Waals surface area (Å²) in [6.07, 6.45) is 0.936. The van der Waals surface area contributed by atoms with E-state index in [9.17, 15) is 20.1 Å². The van der Waals surface area contributed by atoms with E-state index in [1.807, 2.05) is 6.92 Å². The van der Waals surface area contributed by atoms with Gasteiger partial charge in [-0.3, -0.25) is 4.79 Å². The standard InChI is InChI=1S/C17H18O4/c1-3-10(2)11-4-6-13(15(19)8-11)17(21)14-7-5-12(18)9-16(14)20/h4-10,18-20H,3H2,1-2H3. The third kappa shape index (κ3) is 2.99. The van der Waals surface area contributed by atoms with Gasteiger partial charge in [-0.1, -0.05) is 19.9 Å². The molecule has 0 spiro atoms. The summed E-state index contributed by atoms with van der Waals surface area (Å²) in [7, 11) is 0. The maximum atomic E-state index is 12.3. The first-order valence-electron chi connectivity index (χ1n) is 6.83. The van der Waals surface area contributed by atoms with Crippen LogP contribution in [0.15, 0.2) is 36.4 Å². The summed E-state index contributed by atoms with van der Waals surface area (Å²) in [4.78, 5) is 12.3. The Morgan fingerprint density at radius 1 is 1.00 bits per heavy atom. The van der Waals surface area contributed by atoms with Crippen LogP contribution in [0.4, 0.5) is 0 Å². The summed E-state index contributed by atoms with van der Waals surface area (Å²) >= 11 is 0. The SMILES string of the molecule is CCC(C)c1ccc(C(=O)c2ccc(O)cc2O)c(O)c1. The normalized spacial score (nSPS) is 12.1. The fraction of sp³-hybridized carbons (Fsp3) is 0.235. The fourth-order valence-corrected chi connectivity index (χ4v) is 2.14. The van der Waals surface area contributed by atoms with E-state index >= 15 is 0 Å². The Hall–Kier alpha value is -2.49. The molecule has 0 aliphatic heterocycles. The molecular weight excluding hydrogens is 268 g/mol. The lowest BCUT2D eigenvalue weighted by Gasteiger charge is -2.12. The number of ketones is 1. The molecule has 21 heavy (non-hydrogen) atoms. The van der Waals surface area contributed by atoms with E-state index in [1.165, 1.54) is 12.1 Å². The number of carbonyl (C=O) groups excluding carboxylic acids is 1. The lowest BCUT2D eigenvalue weighted by atomic mass is 9.94. The molecule has 0 fully saturated rings. The van der Waals surface area contributed by atoms with Gasteiger partial charge in [-0.15, -0.1) is 0 Å². The van der Waals surface area contributed by atoms with Crippen LogP contribution < -0.4 is 0 Å². The molecule has 110 valence electrons. The van der Waals surface area contributed by atoms with Gasteiger partial charge < -0.3 is 15.3 Å². The molecule has 0 radical (unpaired) electrons. The summed E-state index contributed by atoms with van der Waals surface area (Å²) in [5, 5.41) is 29.0. The summed E-state index contributed by atoms with van der Waals surface area (Å²) in [6.45, 7) is 4.09. The predicted molar refractivity (Wildman–Crippen MR) is 80.0 cm³/mol. The van der Waals surface area contributed by atoms with Crippen molar-refractivity contribution in [2.75, 3.05) is 0 Å². The zero-order chi connectivity index (χ0) is 15.6. The average molecular weight is 286 g/mol. The zero-order valence-corrected chi connectivity index (χ0v) is 12.0. The Labute approximate surface area is 123 Å². The van der Waals surface area contributed by atoms with Crippen LogP contribution in [-0.4, -0.2) is 21.1 Å². The Kier molecular flexibility index (Phi) is 4.17. The molecule has 0 heterocycles. The summed E-state index contributed by atoms with van der Waals surface area (Å²) in [5.74, 6) is -0.737. The number of phenolic OH excluding ortho intramolecular Hbond substituents is 3. The summed E-state index contributed by atoms with van der Waals surface area (Å²) < 4.78 is 0. The molecule has 4 nitrogen and oxygen atoms in total. The van der Waals surface area contributed by atoms with Gasteiger partial charge in [0.05, 0.1) is 11.1 Å². The maximum absolute atomic E-state index is 12.3. The zero-order valence-electron chi connectivity index (χ0n) is 12.0. The molecule has 0 bridgehead atoms. The molecule has 1 atom stereocenters. The molecule has 4 heteroatoms. The highest BCUT2D eigenvalue weighted by molar-refractivity contribution is 6.12. The molecule has 0 aliphatic rings. The van der Waals surface area contributed by atoms with Crippen molar-refractivity contribution >= 4 is 5.78 Å². The van der Waals surface area contributed by atoms with Crippen LogP contribution in [0.3, 0.4) is 0 Å². The predicted octanol–water partition coefficient (Wildman–Crippen LogP) is 3.55. The molecule has 3 N–H and O–H groups in total. The van der Waals surface area contributed by atoms with Crippen LogP contribution in [0.1, 0.15) is 47.7 Å². The number of rotatable bonds is 4. The molecule has 2 rings (SSSR count). The molecule has 2 aromatic carbocycles. The van der Waals surface area contributed by atoms with Gasteiger partial charge in [-0.25, -0.2) is 0 Å². The quantitative estimate of drug-likeness (QED) is 0.751. The van der Waals surface area contributed by atoms with E-state index in [1.54, 1.807) is 18.2 Å². The van der Waals surface area contributed by atoms with Crippen molar-refractivity contribution in [1.82, 2.24) is 0 Å². The van der Waals surface area contributed by atoms with Gasteiger partial charge in [0.2, 0.25) is 0 Å². The number of benzene rings is 2. The number of hydrogen-bond donors (Lipinski definition) is 3. The van der Waals surface area contributed by atoms with Crippen LogP contribution in [-0.2, 0) is 0 Å². The average Bonchev–Trinajstić information content (AvgIpc) is 2.45. The second kappa shape index (κ2) is 5.87. The maximum Gasteiger partial charge on any atom is 0.200 e. The van der Waals surface area contributed by atoms with Gasteiger partial charge in [0.15, 0.2) is 5.78 Å². The van der Waals surface area contributed by atoms with E-state index in [2.05, 4.69) is 6.92 Å². The molecule has 0 aromatic heterocycles. The molecular formula is C17H18O4. The third-order valence-corrected chi connectivity index (χ3v) is 3.67. The number of aromatic hydroxyl groups is 3. The van der Waals surface area contributed by atoms with E-state index in [0.29, 0.717) is 5.92 Å². The highest BCUT2D eigenvalue weighted by Crippen LogP contribution is 2.30. The monoisotopic (exact) mass is 286 g/mol. The second-order valence-electron chi connectivity index (χ2n) is 5.12. The van der Waals surface area contributed by atoms with Gasteiger partial charge in [-0.2, -0.15) is 0 Å². The lowest BCUT2D eigenvalue weighted by molar-refractivity contribution is 0.103. The fourth-order valence-electron chi connectivity index (χ4n) is 2.14. The molecule has 0 aliphatic carbocycles. The molecule has 0 saturated carbocycles. The van der Waals surface area contributed by atoms with Crippen LogP contribution in [0, 0.1) is 0 Å². The largest absolute Gasteiger partial charge is 0.508 e. The van der Waals surface area contributed by atoms with E-state index in [0.717, 1.165) is 18.1 Å². The number of carbonyl (C=O) groups is 1. The van der Waals surface area contributed by atoms with Gasteiger partial charge in [0, 0.05) is 6.07 Å². The van der Waals surface area contributed by atoms with Crippen molar-refractivity contribution in [3.8, 4) is 17.2 Å². The first-order valence-corrected chi connectivity index (χ1v) is 6.83. The Bertz CT molecular complexity index is 676. The van der Waals surface area contributed by atoms with E-state index in [-0.39, 0.29) is 28.4 Å². The molecule has 0 amide bonds. The minimum Gasteiger partial charge on any atom is -0.508 e. The number of hydrogen-bond acceptors (Lipinski definition) is 4. The lowest BCUT2D eigenvalue weighted by Crippen LogP contribution is -2.03. The van der Waals surface area contributed by atoms with Crippen LogP contribution >= 0.6 is 0 Å². The van der Waals surface area contributed by atoms with Crippen molar-refractivity contribution in [1.29, 1.82) is 0 Å². The van der Waals surface area contributed by atoms with Crippen molar-refractivity contribution in [2.45, 2.75) is 26.2 Å². The third-order valence-electron chi connectivity index (χ3n) is 3.67. The minimum atomic E-state index is -0.485. The van der Waals surface area contributed by atoms with E-state index in [4.69, 9.17) is 0 Å². The number of phenols is 3. The van der Waals surface area contributed by atoms with Gasteiger partial charge in [-0.05, 0) is 42.2 Å². The van der Waals surface area contributed by atoms with Crippen molar-refractivity contribution in [2.24, 2.45) is 0 Å². The Morgan fingerprint density at radius 3 is 2.10 bits per heavy atom. The highest BCUT2D eigenvalue weighted by atomic mass is 16.3. The smallest absolute Gasteiger partial charge is 0.200 e. The van der Waals surface area contributed by atoms with Crippen LogP contribution in [0.25, 0.3) is 0 Å². The Balaban J connectivity index is 2.40. The van der Waals surface area contributed by atoms with Crippen molar-refractivity contribution in [3.05, 3.63) is 53.1 Å². The summed E-state index contributed by atoms with van der Waals surface area (Å²) in [5.41, 5.74) is 1.13.